The van der Waals surface area contributed by atoms with Crippen LogP contribution in [0.5, 0.6) is 0 Å². The van der Waals surface area contributed by atoms with Crippen molar-refractivity contribution in [2.75, 3.05) is 11.6 Å². The summed E-state index contributed by atoms with van der Waals surface area (Å²) >= 11 is 1.58. The molecule has 2 amide bonds. The summed E-state index contributed by atoms with van der Waals surface area (Å²) in [5.74, 6) is 0.809. The quantitative estimate of drug-likeness (QED) is 0.926. The number of amides is 2. The standard InChI is InChI=1S/C18H19N3O2S/c1-13-6-5-9-15(20-13)18(23)21-12-24-11-16(21)17(22)19-10-14-7-3-2-4-8-14/h2-9,16H,10-12H2,1H3,(H,19,22). The van der Waals surface area contributed by atoms with E-state index in [1.807, 2.05) is 49.4 Å². The molecule has 1 aromatic heterocycles. The Morgan fingerprint density at radius 1 is 1.21 bits per heavy atom. The van der Waals surface area contributed by atoms with Crippen molar-refractivity contribution in [3.8, 4) is 0 Å². The number of rotatable bonds is 4. The first-order valence-corrected chi connectivity index (χ1v) is 8.94. The summed E-state index contributed by atoms with van der Waals surface area (Å²) in [5.41, 5.74) is 2.21. The molecule has 1 aliphatic rings. The van der Waals surface area contributed by atoms with E-state index in [9.17, 15) is 9.59 Å². The molecule has 24 heavy (non-hydrogen) atoms. The van der Waals surface area contributed by atoms with Crippen LogP contribution >= 0.6 is 11.8 Å². The predicted octanol–water partition coefficient (Wildman–Crippen LogP) is 2.22. The van der Waals surface area contributed by atoms with Crippen LogP contribution in [0.25, 0.3) is 0 Å². The molecule has 1 atom stereocenters. The third kappa shape index (κ3) is 3.76. The summed E-state index contributed by atoms with van der Waals surface area (Å²) in [4.78, 5) is 31.0. The summed E-state index contributed by atoms with van der Waals surface area (Å²) in [6.07, 6.45) is 0. The molecule has 0 radical (unpaired) electrons. The molecule has 0 spiro atoms. The number of aromatic nitrogens is 1. The average Bonchev–Trinajstić information content (AvgIpc) is 3.09. The second kappa shape index (κ2) is 7.49. The van der Waals surface area contributed by atoms with E-state index in [-0.39, 0.29) is 11.8 Å². The monoisotopic (exact) mass is 341 g/mol. The maximum Gasteiger partial charge on any atom is 0.273 e. The van der Waals surface area contributed by atoms with Gasteiger partial charge in [0.2, 0.25) is 5.91 Å². The van der Waals surface area contributed by atoms with Crippen LogP contribution in [0.15, 0.2) is 48.5 Å². The summed E-state index contributed by atoms with van der Waals surface area (Å²) < 4.78 is 0. The van der Waals surface area contributed by atoms with Gasteiger partial charge in [-0.1, -0.05) is 36.4 Å². The van der Waals surface area contributed by atoms with Crippen molar-refractivity contribution in [3.63, 3.8) is 0 Å². The lowest BCUT2D eigenvalue weighted by molar-refractivity contribution is -0.124. The fourth-order valence-electron chi connectivity index (χ4n) is 2.57. The molecule has 1 unspecified atom stereocenters. The van der Waals surface area contributed by atoms with Crippen LogP contribution in [0.4, 0.5) is 0 Å². The maximum atomic E-state index is 12.7. The molecule has 1 fully saturated rings. The number of nitrogens with one attached hydrogen (secondary N) is 1. The topological polar surface area (TPSA) is 62.3 Å². The van der Waals surface area contributed by atoms with Gasteiger partial charge in [0.05, 0.1) is 5.88 Å². The molecule has 0 bridgehead atoms. The molecular weight excluding hydrogens is 322 g/mol. The highest BCUT2D eigenvalue weighted by molar-refractivity contribution is 7.99. The third-order valence-electron chi connectivity index (χ3n) is 3.86. The van der Waals surface area contributed by atoms with E-state index in [2.05, 4.69) is 10.3 Å². The van der Waals surface area contributed by atoms with Gasteiger partial charge in [0.1, 0.15) is 11.7 Å². The molecule has 1 aromatic carbocycles. The minimum absolute atomic E-state index is 0.121. The van der Waals surface area contributed by atoms with Gasteiger partial charge in [-0.15, -0.1) is 11.8 Å². The molecule has 1 aliphatic heterocycles. The lowest BCUT2D eigenvalue weighted by Gasteiger charge is -2.22. The fourth-order valence-corrected chi connectivity index (χ4v) is 3.73. The Kier molecular flexibility index (Phi) is 5.15. The fraction of sp³-hybridized carbons (Fsp3) is 0.278. The van der Waals surface area contributed by atoms with E-state index < -0.39 is 6.04 Å². The lowest BCUT2D eigenvalue weighted by Crippen LogP contribution is -2.47. The number of thioether (sulfide) groups is 1. The van der Waals surface area contributed by atoms with Gasteiger partial charge < -0.3 is 10.2 Å². The number of carbonyl (C=O) groups is 2. The molecular formula is C18H19N3O2S. The van der Waals surface area contributed by atoms with E-state index in [4.69, 9.17) is 0 Å². The van der Waals surface area contributed by atoms with Crippen LogP contribution in [0.2, 0.25) is 0 Å². The number of hydrogen-bond donors (Lipinski definition) is 1. The Labute approximate surface area is 145 Å². The van der Waals surface area contributed by atoms with Crippen molar-refractivity contribution < 1.29 is 9.59 Å². The van der Waals surface area contributed by atoms with Crippen LogP contribution < -0.4 is 5.32 Å². The third-order valence-corrected chi connectivity index (χ3v) is 4.88. The summed E-state index contributed by atoms with van der Waals surface area (Å²) in [6, 6.07) is 14.6. The van der Waals surface area contributed by atoms with Gasteiger partial charge in [0.15, 0.2) is 0 Å². The van der Waals surface area contributed by atoms with Gasteiger partial charge in [0, 0.05) is 18.0 Å². The molecule has 124 valence electrons. The number of hydrogen-bond acceptors (Lipinski definition) is 4. The molecule has 2 aromatic rings. The lowest BCUT2D eigenvalue weighted by atomic mass is 10.2. The zero-order valence-electron chi connectivity index (χ0n) is 13.4. The van der Waals surface area contributed by atoms with Crippen molar-refractivity contribution in [1.29, 1.82) is 0 Å². The summed E-state index contributed by atoms with van der Waals surface area (Å²) in [6.45, 7) is 2.31. The Morgan fingerprint density at radius 3 is 2.75 bits per heavy atom. The highest BCUT2D eigenvalue weighted by Crippen LogP contribution is 2.23. The SMILES string of the molecule is Cc1cccc(C(=O)N2CSCC2C(=O)NCc2ccccc2)n1. The van der Waals surface area contributed by atoms with Crippen LogP contribution in [0, 0.1) is 6.92 Å². The second-order valence-corrected chi connectivity index (χ2v) is 6.66. The molecule has 5 nitrogen and oxygen atoms in total. The first-order valence-electron chi connectivity index (χ1n) is 7.79. The number of nitrogens with zero attached hydrogens (tertiary/aromatic N) is 2. The van der Waals surface area contributed by atoms with E-state index in [1.165, 1.54) is 0 Å². The van der Waals surface area contributed by atoms with Gasteiger partial charge in [-0.05, 0) is 24.6 Å². The predicted molar refractivity (Wildman–Crippen MR) is 94.5 cm³/mol. The van der Waals surface area contributed by atoms with Gasteiger partial charge in [-0.3, -0.25) is 9.59 Å². The minimum Gasteiger partial charge on any atom is -0.350 e. The Bertz CT molecular complexity index is 736. The second-order valence-electron chi connectivity index (χ2n) is 5.66. The zero-order valence-corrected chi connectivity index (χ0v) is 14.3. The van der Waals surface area contributed by atoms with E-state index in [1.54, 1.807) is 22.7 Å². The zero-order chi connectivity index (χ0) is 16.9. The first-order chi connectivity index (χ1) is 11.6. The Morgan fingerprint density at radius 2 is 2.00 bits per heavy atom. The number of carbonyl (C=O) groups excluding carboxylic acids is 2. The number of benzene rings is 1. The molecule has 3 rings (SSSR count). The van der Waals surface area contributed by atoms with Crippen LogP contribution in [-0.4, -0.2) is 39.4 Å². The summed E-state index contributed by atoms with van der Waals surface area (Å²) in [7, 11) is 0. The Balaban J connectivity index is 1.66. The Hall–Kier alpha value is -2.34. The van der Waals surface area contributed by atoms with E-state index >= 15 is 0 Å². The maximum absolute atomic E-state index is 12.7. The van der Waals surface area contributed by atoms with Crippen molar-refractivity contribution in [3.05, 3.63) is 65.5 Å². The molecule has 6 heteroatoms. The molecule has 2 heterocycles. The van der Waals surface area contributed by atoms with Crippen molar-refractivity contribution in [1.82, 2.24) is 15.2 Å². The molecule has 1 saturated heterocycles. The summed E-state index contributed by atoms with van der Waals surface area (Å²) in [5, 5.41) is 2.92. The van der Waals surface area contributed by atoms with Crippen molar-refractivity contribution in [2.24, 2.45) is 0 Å². The van der Waals surface area contributed by atoms with Crippen molar-refractivity contribution >= 4 is 23.6 Å². The average molecular weight is 341 g/mol. The first kappa shape index (κ1) is 16.5. The van der Waals surface area contributed by atoms with Gasteiger partial charge >= 0.3 is 0 Å². The minimum atomic E-state index is -0.450. The van der Waals surface area contributed by atoms with Crippen LogP contribution in [-0.2, 0) is 11.3 Å². The van der Waals surface area contributed by atoms with Gasteiger partial charge in [-0.2, -0.15) is 0 Å². The van der Waals surface area contributed by atoms with Crippen LogP contribution in [0.1, 0.15) is 21.7 Å². The smallest absolute Gasteiger partial charge is 0.273 e. The van der Waals surface area contributed by atoms with Crippen LogP contribution in [0.3, 0.4) is 0 Å². The van der Waals surface area contributed by atoms with Gasteiger partial charge in [-0.25, -0.2) is 4.98 Å². The van der Waals surface area contributed by atoms with Crippen molar-refractivity contribution in [2.45, 2.75) is 19.5 Å². The normalized spacial score (nSPS) is 16.9. The number of aryl methyl sites for hydroxylation is 1. The molecule has 0 saturated carbocycles. The van der Waals surface area contributed by atoms with E-state index in [0.717, 1.165) is 11.3 Å². The highest BCUT2D eigenvalue weighted by Gasteiger charge is 2.35. The van der Waals surface area contributed by atoms with Gasteiger partial charge in [0.25, 0.3) is 5.91 Å². The van der Waals surface area contributed by atoms with E-state index in [0.29, 0.717) is 23.9 Å². The molecule has 0 aliphatic carbocycles. The molecule has 1 N–H and O–H groups in total. The number of pyridine rings is 1. The largest absolute Gasteiger partial charge is 0.350 e. The highest BCUT2D eigenvalue weighted by atomic mass is 32.2.